The lowest BCUT2D eigenvalue weighted by atomic mass is 9.81. The van der Waals surface area contributed by atoms with E-state index in [2.05, 4.69) is 12.2 Å². The molecule has 1 N–H and O–H groups in total. The number of hydrogen-bond acceptors (Lipinski definition) is 5. The number of carbonyl (C=O) groups excluding carboxylic acids is 3. The molecule has 0 aromatic carbocycles. The minimum atomic E-state index is -1.67. The molecule has 120 valence electrons. The molecule has 0 bridgehead atoms. The normalized spacial score (nSPS) is 20.0. The molecule has 0 spiro atoms. The van der Waals surface area contributed by atoms with Gasteiger partial charge in [-0.05, 0) is 20.3 Å². The van der Waals surface area contributed by atoms with Crippen LogP contribution >= 0.6 is 0 Å². The predicted molar refractivity (Wildman–Crippen MR) is 76.4 cm³/mol. The largest absolute Gasteiger partial charge is 0.464 e. The van der Waals surface area contributed by atoms with Crippen LogP contribution in [0.3, 0.4) is 0 Å². The molecule has 0 aromatic heterocycles. The molecule has 0 aliphatic carbocycles. The van der Waals surface area contributed by atoms with Crippen molar-refractivity contribution in [2.45, 2.75) is 58.4 Å². The van der Waals surface area contributed by atoms with E-state index in [1.165, 1.54) is 0 Å². The van der Waals surface area contributed by atoms with E-state index in [0.717, 1.165) is 19.3 Å². The van der Waals surface area contributed by atoms with Crippen molar-refractivity contribution < 1.29 is 23.9 Å². The Kier molecular flexibility index (Phi) is 6.65. The minimum absolute atomic E-state index is 0.150. The highest BCUT2D eigenvalue weighted by atomic mass is 16.6. The summed E-state index contributed by atoms with van der Waals surface area (Å²) in [6.07, 6.45) is 3.65. The number of rotatable bonds is 8. The fraction of sp³-hybridized carbons (Fsp3) is 0.800. The highest BCUT2D eigenvalue weighted by Gasteiger charge is 2.60. The molecule has 1 saturated heterocycles. The first kappa shape index (κ1) is 17.5. The molecule has 1 amide bonds. The maximum absolute atomic E-state index is 12.3. The van der Waals surface area contributed by atoms with Crippen LogP contribution in [0, 0.1) is 5.92 Å². The summed E-state index contributed by atoms with van der Waals surface area (Å²) in [5, 5.41) is 2.53. The van der Waals surface area contributed by atoms with E-state index in [1.807, 2.05) is 0 Å². The van der Waals surface area contributed by atoms with Crippen molar-refractivity contribution in [3.8, 4) is 0 Å². The Morgan fingerprint density at radius 1 is 1.14 bits per heavy atom. The lowest BCUT2D eigenvalue weighted by Gasteiger charge is -2.30. The molecule has 1 fully saturated rings. The summed E-state index contributed by atoms with van der Waals surface area (Å²) < 4.78 is 10.1. The van der Waals surface area contributed by atoms with E-state index in [1.54, 1.807) is 13.8 Å². The van der Waals surface area contributed by atoms with Gasteiger partial charge in [0.05, 0.1) is 13.2 Å². The second-order valence-corrected chi connectivity index (χ2v) is 5.19. The number of ether oxygens (including phenoxy) is 2. The number of unbranched alkanes of at least 4 members (excludes halogenated alkanes) is 2. The second-order valence-electron chi connectivity index (χ2n) is 5.19. The zero-order valence-corrected chi connectivity index (χ0v) is 13.1. The number of esters is 2. The molecular weight excluding hydrogens is 274 g/mol. The number of carbonyl (C=O) groups is 3. The summed E-state index contributed by atoms with van der Waals surface area (Å²) in [7, 11) is 0. The first-order valence-corrected chi connectivity index (χ1v) is 7.68. The minimum Gasteiger partial charge on any atom is -0.464 e. The van der Waals surface area contributed by atoms with E-state index in [9.17, 15) is 14.4 Å². The van der Waals surface area contributed by atoms with Gasteiger partial charge in [-0.1, -0.05) is 26.2 Å². The Morgan fingerprint density at radius 3 is 2.19 bits per heavy atom. The van der Waals surface area contributed by atoms with E-state index in [0.29, 0.717) is 6.42 Å². The van der Waals surface area contributed by atoms with Crippen molar-refractivity contribution >= 4 is 17.8 Å². The Bertz CT molecular complexity index is 376. The van der Waals surface area contributed by atoms with Crippen LogP contribution in [0.2, 0.25) is 0 Å². The predicted octanol–water partition coefficient (Wildman–Crippen LogP) is 1.57. The van der Waals surface area contributed by atoms with Crippen LogP contribution in [0.25, 0.3) is 0 Å². The second kappa shape index (κ2) is 8.00. The van der Waals surface area contributed by atoms with Gasteiger partial charge in [-0.25, -0.2) is 9.59 Å². The van der Waals surface area contributed by atoms with E-state index in [-0.39, 0.29) is 25.5 Å². The SMILES string of the molecule is CCCCC[C@H]1CC(=O)NC1(C(=O)OCC)C(=O)OCC. The first-order chi connectivity index (χ1) is 10.0. The van der Waals surface area contributed by atoms with Crippen LogP contribution < -0.4 is 5.32 Å². The smallest absolute Gasteiger partial charge is 0.344 e. The van der Waals surface area contributed by atoms with Gasteiger partial charge in [0.2, 0.25) is 11.4 Å². The molecule has 6 heteroatoms. The Morgan fingerprint density at radius 2 is 1.71 bits per heavy atom. The first-order valence-electron chi connectivity index (χ1n) is 7.68. The van der Waals surface area contributed by atoms with Gasteiger partial charge in [0.1, 0.15) is 0 Å². The fourth-order valence-electron chi connectivity index (χ4n) is 2.72. The molecule has 0 aromatic rings. The monoisotopic (exact) mass is 299 g/mol. The van der Waals surface area contributed by atoms with Crippen LogP contribution in [-0.2, 0) is 23.9 Å². The highest BCUT2D eigenvalue weighted by Crippen LogP contribution is 2.34. The van der Waals surface area contributed by atoms with Crippen molar-refractivity contribution in [3.05, 3.63) is 0 Å². The average Bonchev–Trinajstić information content (AvgIpc) is 2.77. The maximum Gasteiger partial charge on any atom is 0.344 e. The van der Waals surface area contributed by atoms with Gasteiger partial charge >= 0.3 is 11.9 Å². The summed E-state index contributed by atoms with van der Waals surface area (Å²) in [5.41, 5.74) is -1.67. The Hall–Kier alpha value is -1.59. The average molecular weight is 299 g/mol. The third-order valence-corrected chi connectivity index (χ3v) is 3.73. The number of amides is 1. The van der Waals surface area contributed by atoms with Crippen LogP contribution in [0.1, 0.15) is 52.9 Å². The van der Waals surface area contributed by atoms with Crippen LogP contribution in [0.4, 0.5) is 0 Å². The molecule has 1 atom stereocenters. The van der Waals surface area contributed by atoms with Crippen LogP contribution in [-0.4, -0.2) is 36.6 Å². The zero-order chi connectivity index (χ0) is 15.9. The van der Waals surface area contributed by atoms with Gasteiger partial charge in [0, 0.05) is 12.3 Å². The third-order valence-electron chi connectivity index (χ3n) is 3.73. The molecule has 21 heavy (non-hydrogen) atoms. The van der Waals surface area contributed by atoms with Gasteiger partial charge in [0.15, 0.2) is 0 Å². The summed E-state index contributed by atoms with van der Waals surface area (Å²) in [6.45, 7) is 5.70. The molecule has 1 rings (SSSR count). The van der Waals surface area contributed by atoms with E-state index < -0.39 is 23.4 Å². The summed E-state index contributed by atoms with van der Waals surface area (Å²) >= 11 is 0. The molecule has 1 heterocycles. The number of nitrogens with one attached hydrogen (secondary N) is 1. The topological polar surface area (TPSA) is 81.7 Å². The van der Waals surface area contributed by atoms with Gasteiger partial charge < -0.3 is 14.8 Å². The van der Waals surface area contributed by atoms with E-state index in [4.69, 9.17) is 9.47 Å². The zero-order valence-electron chi connectivity index (χ0n) is 13.1. The van der Waals surface area contributed by atoms with Crippen molar-refractivity contribution in [3.63, 3.8) is 0 Å². The summed E-state index contributed by atoms with van der Waals surface area (Å²) in [6, 6.07) is 0. The third kappa shape index (κ3) is 3.74. The Labute approximate surface area is 125 Å². The molecule has 0 unspecified atom stereocenters. The lowest BCUT2D eigenvalue weighted by Crippen LogP contribution is -2.60. The quantitative estimate of drug-likeness (QED) is 0.418. The summed E-state index contributed by atoms with van der Waals surface area (Å²) in [4.78, 5) is 36.5. The molecule has 1 aliphatic rings. The summed E-state index contributed by atoms with van der Waals surface area (Å²) in [5.74, 6) is -2.14. The van der Waals surface area contributed by atoms with Gasteiger partial charge in [-0.2, -0.15) is 0 Å². The van der Waals surface area contributed by atoms with Crippen LogP contribution in [0.5, 0.6) is 0 Å². The van der Waals surface area contributed by atoms with Crippen molar-refractivity contribution in [2.75, 3.05) is 13.2 Å². The Balaban J connectivity index is 3.02. The number of hydrogen-bond donors (Lipinski definition) is 1. The van der Waals surface area contributed by atoms with E-state index >= 15 is 0 Å². The fourth-order valence-corrected chi connectivity index (χ4v) is 2.72. The molecule has 0 radical (unpaired) electrons. The lowest BCUT2D eigenvalue weighted by molar-refractivity contribution is -0.168. The molecule has 6 nitrogen and oxygen atoms in total. The molecule has 0 saturated carbocycles. The van der Waals surface area contributed by atoms with Gasteiger partial charge in [0.25, 0.3) is 0 Å². The van der Waals surface area contributed by atoms with Gasteiger partial charge in [-0.3, -0.25) is 4.79 Å². The maximum atomic E-state index is 12.3. The van der Waals surface area contributed by atoms with Gasteiger partial charge in [-0.15, -0.1) is 0 Å². The van der Waals surface area contributed by atoms with Crippen LogP contribution in [0.15, 0.2) is 0 Å². The highest BCUT2D eigenvalue weighted by molar-refractivity contribution is 6.10. The van der Waals surface area contributed by atoms with Crippen molar-refractivity contribution in [2.24, 2.45) is 5.92 Å². The molecular formula is C15H25NO5. The molecule has 1 aliphatic heterocycles. The standard InChI is InChI=1S/C15H25NO5/c1-4-7-8-9-11-10-12(17)16-15(11,13(18)20-5-2)14(19)21-6-3/h11H,4-10H2,1-3H3,(H,16,17)/t11-/m0/s1. The van der Waals surface area contributed by atoms with Crippen molar-refractivity contribution in [1.82, 2.24) is 5.32 Å². The van der Waals surface area contributed by atoms with Crippen molar-refractivity contribution in [1.29, 1.82) is 0 Å².